The van der Waals surface area contributed by atoms with Crippen molar-refractivity contribution in [3.63, 3.8) is 0 Å². The third-order valence-electron chi connectivity index (χ3n) is 1.55. The van der Waals surface area contributed by atoms with Crippen molar-refractivity contribution in [2.45, 2.75) is 39.3 Å². The molecule has 0 aliphatic rings. The van der Waals surface area contributed by atoms with Crippen molar-refractivity contribution in [1.29, 1.82) is 0 Å². The first-order valence-electron chi connectivity index (χ1n) is 4.58. The smallest absolute Gasteiger partial charge is 0.315 e. The van der Waals surface area contributed by atoms with Crippen molar-refractivity contribution in [3.8, 4) is 0 Å². The van der Waals surface area contributed by atoms with Crippen LogP contribution in [0.2, 0.25) is 0 Å². The van der Waals surface area contributed by atoms with E-state index in [2.05, 4.69) is 16.0 Å². The van der Waals surface area contributed by atoms with Crippen molar-refractivity contribution in [1.82, 2.24) is 16.0 Å². The van der Waals surface area contributed by atoms with E-state index in [1.54, 1.807) is 0 Å². The van der Waals surface area contributed by atoms with Gasteiger partial charge in [-0.2, -0.15) is 0 Å². The van der Waals surface area contributed by atoms with Crippen LogP contribution in [0.3, 0.4) is 0 Å². The average Bonchev–Trinajstić information content (AvgIpc) is 1.97. The summed E-state index contributed by atoms with van der Waals surface area (Å²) in [5, 5.41) is 8.64. The van der Waals surface area contributed by atoms with Crippen LogP contribution in [-0.4, -0.2) is 31.2 Å². The first-order chi connectivity index (χ1) is 5.85. The van der Waals surface area contributed by atoms with Gasteiger partial charge in [-0.25, -0.2) is 4.79 Å². The summed E-state index contributed by atoms with van der Waals surface area (Å²) in [5.74, 6) is 0. The maximum absolute atomic E-state index is 11.2. The fraction of sp³-hybridized carbons (Fsp3) is 0.889. The number of hydrogen-bond acceptors (Lipinski definition) is 2. The SMILES string of the molecule is CNC(C)CNC(=O)NC(C)(C)C. The molecular weight excluding hydrogens is 166 g/mol. The van der Waals surface area contributed by atoms with Crippen LogP contribution >= 0.6 is 0 Å². The molecule has 0 heterocycles. The van der Waals surface area contributed by atoms with Gasteiger partial charge in [0.25, 0.3) is 0 Å². The monoisotopic (exact) mass is 187 g/mol. The number of carbonyl (C=O) groups excluding carboxylic acids is 1. The van der Waals surface area contributed by atoms with Gasteiger partial charge in [0.15, 0.2) is 0 Å². The minimum atomic E-state index is -0.174. The van der Waals surface area contributed by atoms with Crippen molar-refractivity contribution >= 4 is 6.03 Å². The summed E-state index contributed by atoms with van der Waals surface area (Å²) in [6.45, 7) is 8.51. The Bertz CT molecular complexity index is 163. The second-order valence-electron chi connectivity index (χ2n) is 4.27. The second kappa shape index (κ2) is 5.07. The number of carbonyl (C=O) groups is 1. The van der Waals surface area contributed by atoms with Crippen LogP contribution in [0.1, 0.15) is 27.7 Å². The summed E-state index contributed by atoms with van der Waals surface area (Å²) in [6, 6.07) is 0.181. The van der Waals surface area contributed by atoms with E-state index >= 15 is 0 Å². The van der Waals surface area contributed by atoms with Gasteiger partial charge in [0, 0.05) is 18.1 Å². The lowest BCUT2D eigenvalue weighted by molar-refractivity contribution is 0.231. The topological polar surface area (TPSA) is 53.2 Å². The fourth-order valence-corrected chi connectivity index (χ4v) is 0.733. The summed E-state index contributed by atoms with van der Waals surface area (Å²) in [4.78, 5) is 11.2. The number of amides is 2. The molecule has 0 bridgehead atoms. The highest BCUT2D eigenvalue weighted by atomic mass is 16.2. The quantitative estimate of drug-likeness (QED) is 0.609. The molecule has 0 aromatic heterocycles. The molecule has 4 heteroatoms. The maximum atomic E-state index is 11.2. The zero-order chi connectivity index (χ0) is 10.5. The molecule has 0 spiro atoms. The predicted octanol–water partition coefficient (Wildman–Crippen LogP) is 0.692. The van der Waals surface area contributed by atoms with Gasteiger partial charge in [-0.3, -0.25) is 0 Å². The van der Waals surface area contributed by atoms with Crippen LogP contribution in [0, 0.1) is 0 Å². The molecule has 0 aromatic rings. The molecule has 1 unspecified atom stereocenters. The zero-order valence-corrected chi connectivity index (χ0v) is 9.19. The van der Waals surface area contributed by atoms with Crippen LogP contribution in [0.5, 0.6) is 0 Å². The number of hydrogen-bond donors (Lipinski definition) is 3. The molecule has 78 valence electrons. The van der Waals surface area contributed by atoms with Crippen LogP contribution in [0.15, 0.2) is 0 Å². The number of rotatable bonds is 3. The van der Waals surface area contributed by atoms with Gasteiger partial charge in [0.05, 0.1) is 0 Å². The molecule has 3 N–H and O–H groups in total. The third kappa shape index (κ3) is 7.59. The summed E-state index contributed by atoms with van der Waals surface area (Å²) in [7, 11) is 1.87. The molecule has 4 nitrogen and oxygen atoms in total. The highest BCUT2D eigenvalue weighted by Gasteiger charge is 2.13. The zero-order valence-electron chi connectivity index (χ0n) is 9.19. The molecule has 0 aliphatic carbocycles. The van der Waals surface area contributed by atoms with Gasteiger partial charge >= 0.3 is 6.03 Å². The molecule has 0 saturated carbocycles. The van der Waals surface area contributed by atoms with E-state index in [1.165, 1.54) is 0 Å². The first kappa shape index (κ1) is 12.2. The van der Waals surface area contributed by atoms with Crippen LogP contribution in [0.4, 0.5) is 4.79 Å². The van der Waals surface area contributed by atoms with E-state index in [-0.39, 0.29) is 11.6 Å². The second-order valence-corrected chi connectivity index (χ2v) is 4.27. The lowest BCUT2D eigenvalue weighted by Crippen LogP contribution is -2.49. The molecule has 1 atom stereocenters. The highest BCUT2D eigenvalue weighted by molar-refractivity contribution is 5.74. The van der Waals surface area contributed by atoms with E-state index in [1.807, 2.05) is 34.7 Å². The Balaban J connectivity index is 3.64. The number of urea groups is 1. The Hall–Kier alpha value is -0.770. The summed E-state index contributed by atoms with van der Waals surface area (Å²) in [6.07, 6.45) is 0. The van der Waals surface area contributed by atoms with Crippen molar-refractivity contribution < 1.29 is 4.79 Å². The molecule has 0 radical (unpaired) electrons. The standard InChI is InChI=1S/C9H21N3O/c1-7(10-5)6-11-8(13)12-9(2,3)4/h7,10H,6H2,1-5H3,(H2,11,12,13). The fourth-order valence-electron chi connectivity index (χ4n) is 0.733. The van der Waals surface area contributed by atoms with E-state index in [0.29, 0.717) is 12.6 Å². The van der Waals surface area contributed by atoms with Gasteiger partial charge < -0.3 is 16.0 Å². The first-order valence-corrected chi connectivity index (χ1v) is 4.58. The minimum Gasteiger partial charge on any atom is -0.337 e. The largest absolute Gasteiger partial charge is 0.337 e. The van der Waals surface area contributed by atoms with Crippen LogP contribution in [-0.2, 0) is 0 Å². The third-order valence-corrected chi connectivity index (χ3v) is 1.55. The molecule has 0 saturated heterocycles. The average molecular weight is 187 g/mol. The Morgan fingerprint density at radius 1 is 1.38 bits per heavy atom. The highest BCUT2D eigenvalue weighted by Crippen LogP contribution is 1.97. The molecule has 2 amide bonds. The van der Waals surface area contributed by atoms with E-state index in [0.717, 1.165) is 0 Å². The molecule has 0 fully saturated rings. The van der Waals surface area contributed by atoms with E-state index < -0.39 is 0 Å². The summed E-state index contributed by atoms with van der Waals surface area (Å²) < 4.78 is 0. The molecule has 0 aromatic carbocycles. The van der Waals surface area contributed by atoms with Gasteiger partial charge in [-0.15, -0.1) is 0 Å². The molecule has 13 heavy (non-hydrogen) atoms. The minimum absolute atomic E-state index is 0.116. The van der Waals surface area contributed by atoms with Gasteiger partial charge in [0.2, 0.25) is 0 Å². The lowest BCUT2D eigenvalue weighted by atomic mass is 10.1. The Kier molecular flexibility index (Phi) is 4.77. The number of nitrogens with one attached hydrogen (secondary N) is 3. The predicted molar refractivity (Wildman–Crippen MR) is 54.8 cm³/mol. The normalized spacial score (nSPS) is 13.6. The summed E-state index contributed by atoms with van der Waals surface area (Å²) >= 11 is 0. The van der Waals surface area contributed by atoms with E-state index in [9.17, 15) is 4.79 Å². The molecular formula is C9H21N3O. The Morgan fingerprint density at radius 3 is 2.31 bits per heavy atom. The Labute approximate surface area is 80.5 Å². The lowest BCUT2D eigenvalue weighted by Gasteiger charge is -2.21. The van der Waals surface area contributed by atoms with Crippen LogP contribution < -0.4 is 16.0 Å². The van der Waals surface area contributed by atoms with Crippen LogP contribution in [0.25, 0.3) is 0 Å². The van der Waals surface area contributed by atoms with Gasteiger partial charge in [-0.1, -0.05) is 0 Å². The Morgan fingerprint density at radius 2 is 1.92 bits per heavy atom. The van der Waals surface area contributed by atoms with Gasteiger partial charge in [0.1, 0.15) is 0 Å². The molecule has 0 aliphatic heterocycles. The number of likely N-dealkylation sites (N-methyl/N-ethyl adjacent to an activating group) is 1. The van der Waals surface area contributed by atoms with Crippen molar-refractivity contribution in [3.05, 3.63) is 0 Å². The van der Waals surface area contributed by atoms with Crippen molar-refractivity contribution in [2.75, 3.05) is 13.6 Å². The van der Waals surface area contributed by atoms with Crippen molar-refractivity contribution in [2.24, 2.45) is 0 Å². The van der Waals surface area contributed by atoms with E-state index in [4.69, 9.17) is 0 Å². The maximum Gasteiger partial charge on any atom is 0.315 e. The molecule has 0 rings (SSSR count). The summed E-state index contributed by atoms with van der Waals surface area (Å²) in [5.41, 5.74) is -0.174. The van der Waals surface area contributed by atoms with Gasteiger partial charge in [-0.05, 0) is 34.7 Å².